The second-order valence-corrected chi connectivity index (χ2v) is 6.11. The lowest BCUT2D eigenvalue weighted by atomic mass is 10.1. The maximum Gasteiger partial charge on any atom is 0.237 e. The van der Waals surface area contributed by atoms with E-state index in [1.54, 1.807) is 0 Å². The molecule has 116 valence electrons. The first kappa shape index (κ1) is 16.0. The summed E-state index contributed by atoms with van der Waals surface area (Å²) in [4.78, 5) is 14.4. The van der Waals surface area contributed by atoms with Crippen molar-refractivity contribution in [3.8, 4) is 0 Å². The Kier molecular flexibility index (Phi) is 5.76. The number of rotatable bonds is 6. The molecule has 1 atom stereocenters. The molecule has 1 aliphatic rings. The van der Waals surface area contributed by atoms with Gasteiger partial charge in [0.25, 0.3) is 0 Å². The zero-order valence-corrected chi connectivity index (χ0v) is 13.1. The third kappa shape index (κ3) is 4.55. The summed E-state index contributed by atoms with van der Waals surface area (Å²) in [7, 11) is 1.99. The molecule has 4 heteroatoms. The van der Waals surface area contributed by atoms with Gasteiger partial charge in [0.1, 0.15) is 0 Å². The number of nitrogens with two attached hydrogens (primary N) is 1. The van der Waals surface area contributed by atoms with Crippen molar-refractivity contribution in [2.24, 2.45) is 5.73 Å². The smallest absolute Gasteiger partial charge is 0.237 e. The van der Waals surface area contributed by atoms with Gasteiger partial charge in [-0.25, -0.2) is 0 Å². The summed E-state index contributed by atoms with van der Waals surface area (Å²) in [6.07, 6.45) is 4.73. The highest BCUT2D eigenvalue weighted by Gasteiger charge is 2.23. The Morgan fingerprint density at radius 1 is 1.38 bits per heavy atom. The summed E-state index contributed by atoms with van der Waals surface area (Å²) in [6, 6.07) is 8.50. The fourth-order valence-electron chi connectivity index (χ4n) is 2.87. The molecule has 1 aromatic rings. The number of likely N-dealkylation sites (N-methyl/N-ethyl adjacent to an activating group) is 1. The molecule has 0 bridgehead atoms. The van der Waals surface area contributed by atoms with Gasteiger partial charge in [-0.3, -0.25) is 9.69 Å². The molecule has 0 saturated heterocycles. The molecule has 21 heavy (non-hydrogen) atoms. The quantitative estimate of drug-likeness (QED) is 0.842. The van der Waals surface area contributed by atoms with Crippen molar-refractivity contribution < 1.29 is 4.79 Å². The standard InChI is InChI=1S/C17H27N3O/c1-13(17(21)19-16-8-3-4-9-16)20(2)12-15-7-5-6-14(10-15)11-18/h5-7,10,13,16H,3-4,8-9,11-12,18H2,1-2H3,(H,19,21). The van der Waals surface area contributed by atoms with Crippen molar-refractivity contribution in [1.29, 1.82) is 0 Å². The van der Waals surface area contributed by atoms with Gasteiger partial charge in [-0.1, -0.05) is 37.1 Å². The van der Waals surface area contributed by atoms with Crippen molar-refractivity contribution in [1.82, 2.24) is 10.2 Å². The topological polar surface area (TPSA) is 58.4 Å². The molecular formula is C17H27N3O. The number of carbonyl (C=O) groups excluding carboxylic acids is 1. The Morgan fingerprint density at radius 3 is 2.71 bits per heavy atom. The van der Waals surface area contributed by atoms with Gasteiger partial charge in [0.15, 0.2) is 0 Å². The largest absolute Gasteiger partial charge is 0.352 e. The van der Waals surface area contributed by atoms with E-state index in [1.165, 1.54) is 18.4 Å². The molecular weight excluding hydrogens is 262 g/mol. The summed E-state index contributed by atoms with van der Waals surface area (Å²) < 4.78 is 0. The van der Waals surface area contributed by atoms with Gasteiger partial charge in [0.05, 0.1) is 6.04 Å². The van der Waals surface area contributed by atoms with Gasteiger partial charge in [0.2, 0.25) is 5.91 Å². The molecule has 0 heterocycles. The SMILES string of the molecule is CC(C(=O)NC1CCCC1)N(C)Cc1cccc(CN)c1. The lowest BCUT2D eigenvalue weighted by Gasteiger charge is -2.25. The highest BCUT2D eigenvalue weighted by molar-refractivity contribution is 5.81. The van der Waals surface area contributed by atoms with Crippen LogP contribution in [0.5, 0.6) is 0 Å². The zero-order chi connectivity index (χ0) is 15.2. The molecule has 0 spiro atoms. The van der Waals surface area contributed by atoms with Crippen LogP contribution >= 0.6 is 0 Å². The lowest BCUT2D eigenvalue weighted by Crippen LogP contribution is -2.46. The van der Waals surface area contributed by atoms with Gasteiger partial charge in [-0.2, -0.15) is 0 Å². The fraction of sp³-hybridized carbons (Fsp3) is 0.588. The van der Waals surface area contributed by atoms with Crippen molar-refractivity contribution in [3.63, 3.8) is 0 Å². The van der Waals surface area contributed by atoms with Crippen molar-refractivity contribution in [2.75, 3.05) is 7.05 Å². The van der Waals surface area contributed by atoms with Crippen LogP contribution < -0.4 is 11.1 Å². The summed E-state index contributed by atoms with van der Waals surface area (Å²) in [5.41, 5.74) is 8.00. The number of amides is 1. The van der Waals surface area contributed by atoms with E-state index in [0.717, 1.165) is 24.9 Å². The molecule has 1 unspecified atom stereocenters. The zero-order valence-electron chi connectivity index (χ0n) is 13.1. The molecule has 3 N–H and O–H groups in total. The molecule has 1 saturated carbocycles. The average Bonchev–Trinajstić information content (AvgIpc) is 2.99. The molecule has 1 amide bonds. The summed E-state index contributed by atoms with van der Waals surface area (Å²) in [5, 5.41) is 3.17. The fourth-order valence-corrected chi connectivity index (χ4v) is 2.87. The lowest BCUT2D eigenvalue weighted by molar-refractivity contribution is -0.126. The first-order chi connectivity index (χ1) is 10.1. The van der Waals surface area contributed by atoms with E-state index in [0.29, 0.717) is 12.6 Å². The third-order valence-electron chi connectivity index (χ3n) is 4.40. The summed E-state index contributed by atoms with van der Waals surface area (Å²) in [6.45, 7) is 3.28. The molecule has 4 nitrogen and oxygen atoms in total. The predicted octanol–water partition coefficient (Wildman–Crippen LogP) is 2.02. The third-order valence-corrected chi connectivity index (χ3v) is 4.40. The van der Waals surface area contributed by atoms with Crippen LogP contribution in [0.3, 0.4) is 0 Å². The number of carbonyl (C=O) groups is 1. The first-order valence-electron chi connectivity index (χ1n) is 7.88. The van der Waals surface area contributed by atoms with E-state index in [2.05, 4.69) is 22.3 Å². The molecule has 2 rings (SSSR count). The van der Waals surface area contributed by atoms with Crippen LogP contribution in [-0.4, -0.2) is 29.9 Å². The van der Waals surface area contributed by atoms with Crippen LogP contribution in [0.1, 0.15) is 43.7 Å². The first-order valence-corrected chi connectivity index (χ1v) is 7.88. The van der Waals surface area contributed by atoms with Gasteiger partial charge in [-0.15, -0.1) is 0 Å². The molecule has 1 aromatic carbocycles. The van der Waals surface area contributed by atoms with Gasteiger partial charge in [-0.05, 0) is 37.9 Å². The average molecular weight is 289 g/mol. The molecule has 0 radical (unpaired) electrons. The van der Waals surface area contributed by atoms with Gasteiger partial charge < -0.3 is 11.1 Å². The molecule has 1 fully saturated rings. The normalized spacial score (nSPS) is 17.1. The Hall–Kier alpha value is -1.39. The summed E-state index contributed by atoms with van der Waals surface area (Å²) in [5.74, 6) is 0.138. The Labute approximate surface area is 127 Å². The Bertz CT molecular complexity index is 469. The monoisotopic (exact) mass is 289 g/mol. The molecule has 0 aromatic heterocycles. The molecule has 0 aliphatic heterocycles. The predicted molar refractivity (Wildman–Crippen MR) is 85.7 cm³/mol. The van der Waals surface area contributed by atoms with E-state index in [-0.39, 0.29) is 11.9 Å². The Balaban J connectivity index is 1.88. The van der Waals surface area contributed by atoms with Gasteiger partial charge in [0, 0.05) is 19.1 Å². The minimum atomic E-state index is -0.118. The van der Waals surface area contributed by atoms with Gasteiger partial charge >= 0.3 is 0 Å². The highest BCUT2D eigenvalue weighted by Crippen LogP contribution is 2.18. The number of nitrogens with zero attached hydrogens (tertiary/aromatic N) is 1. The number of benzene rings is 1. The van der Waals surface area contributed by atoms with Crippen LogP contribution in [0, 0.1) is 0 Å². The van der Waals surface area contributed by atoms with Crippen molar-refractivity contribution >= 4 is 5.91 Å². The molecule has 1 aliphatic carbocycles. The number of hydrogen-bond donors (Lipinski definition) is 2. The van der Waals surface area contributed by atoms with E-state index in [4.69, 9.17) is 5.73 Å². The maximum absolute atomic E-state index is 12.3. The van der Waals surface area contributed by atoms with Crippen LogP contribution in [0.15, 0.2) is 24.3 Å². The summed E-state index contributed by atoms with van der Waals surface area (Å²) >= 11 is 0. The van der Waals surface area contributed by atoms with Crippen LogP contribution in [0.4, 0.5) is 0 Å². The Morgan fingerprint density at radius 2 is 2.05 bits per heavy atom. The maximum atomic E-state index is 12.3. The minimum absolute atomic E-state index is 0.118. The van der Waals surface area contributed by atoms with E-state index >= 15 is 0 Å². The van der Waals surface area contributed by atoms with Crippen LogP contribution in [-0.2, 0) is 17.9 Å². The van der Waals surface area contributed by atoms with E-state index < -0.39 is 0 Å². The van der Waals surface area contributed by atoms with E-state index in [1.807, 2.05) is 26.1 Å². The van der Waals surface area contributed by atoms with Crippen LogP contribution in [0.2, 0.25) is 0 Å². The van der Waals surface area contributed by atoms with Crippen LogP contribution in [0.25, 0.3) is 0 Å². The second-order valence-electron chi connectivity index (χ2n) is 6.11. The number of hydrogen-bond acceptors (Lipinski definition) is 3. The number of nitrogens with one attached hydrogen (secondary N) is 1. The highest BCUT2D eigenvalue weighted by atomic mass is 16.2. The van der Waals surface area contributed by atoms with Crippen molar-refractivity contribution in [2.45, 2.75) is 57.8 Å². The minimum Gasteiger partial charge on any atom is -0.352 e. The second kappa shape index (κ2) is 7.57. The van der Waals surface area contributed by atoms with E-state index in [9.17, 15) is 4.79 Å². The van der Waals surface area contributed by atoms with Crippen molar-refractivity contribution in [3.05, 3.63) is 35.4 Å².